The lowest BCUT2D eigenvalue weighted by Gasteiger charge is -2.22. The van der Waals surface area contributed by atoms with E-state index in [0.29, 0.717) is 40.8 Å². The van der Waals surface area contributed by atoms with Gasteiger partial charge in [0.25, 0.3) is 5.91 Å². The number of nitrogens with one attached hydrogen (secondary N) is 2. The van der Waals surface area contributed by atoms with E-state index >= 15 is 0 Å². The molecule has 0 saturated carbocycles. The van der Waals surface area contributed by atoms with Crippen molar-refractivity contribution < 1.29 is 14.4 Å². The summed E-state index contributed by atoms with van der Waals surface area (Å²) in [6, 6.07) is 13.7. The van der Waals surface area contributed by atoms with Crippen LogP contribution < -0.4 is 10.6 Å². The van der Waals surface area contributed by atoms with Crippen LogP contribution >= 0.6 is 23.2 Å². The lowest BCUT2D eigenvalue weighted by atomic mass is 10.2. The second-order valence-electron chi connectivity index (χ2n) is 6.71. The summed E-state index contributed by atoms with van der Waals surface area (Å²) in [4.78, 5) is 38.4. The van der Waals surface area contributed by atoms with Crippen LogP contribution in [0.1, 0.15) is 36.5 Å². The van der Waals surface area contributed by atoms with Crippen molar-refractivity contribution in [2.45, 2.75) is 26.2 Å². The maximum Gasteiger partial charge on any atom is 0.251 e. The Hall–Kier alpha value is -2.57. The molecule has 2 aromatic carbocycles. The zero-order valence-corrected chi connectivity index (χ0v) is 18.3. The number of amides is 3. The first-order chi connectivity index (χ1) is 14.4. The van der Waals surface area contributed by atoms with Crippen molar-refractivity contribution in [3.05, 3.63) is 64.1 Å². The molecule has 0 bridgehead atoms. The van der Waals surface area contributed by atoms with Crippen LogP contribution in [0.4, 0.5) is 5.69 Å². The molecule has 8 heteroatoms. The first-order valence-electron chi connectivity index (χ1n) is 9.76. The fraction of sp³-hybridized carbons (Fsp3) is 0.318. The fourth-order valence-corrected chi connectivity index (χ4v) is 3.15. The maximum atomic E-state index is 12.5. The van der Waals surface area contributed by atoms with Crippen molar-refractivity contribution in [2.24, 2.45) is 0 Å². The summed E-state index contributed by atoms with van der Waals surface area (Å²) in [5.74, 6) is -0.664. The first kappa shape index (κ1) is 23.7. The van der Waals surface area contributed by atoms with Crippen molar-refractivity contribution in [1.82, 2.24) is 10.2 Å². The minimum absolute atomic E-state index is 0.0775. The molecule has 6 nitrogen and oxygen atoms in total. The largest absolute Gasteiger partial charge is 0.352 e. The molecular weight excluding hydrogens is 425 g/mol. The van der Waals surface area contributed by atoms with Gasteiger partial charge in [0.2, 0.25) is 11.8 Å². The number of carbonyl (C=O) groups excluding carboxylic acids is 3. The Morgan fingerprint density at radius 3 is 2.47 bits per heavy atom. The van der Waals surface area contributed by atoms with Gasteiger partial charge in [0.1, 0.15) is 0 Å². The monoisotopic (exact) mass is 449 g/mol. The van der Waals surface area contributed by atoms with Gasteiger partial charge in [-0.1, -0.05) is 48.3 Å². The lowest BCUT2D eigenvalue weighted by molar-refractivity contribution is -0.134. The summed E-state index contributed by atoms with van der Waals surface area (Å²) in [5, 5.41) is 6.31. The SMILES string of the molecule is CCCN(CC(=O)Nc1cc(Cl)ccc1Cl)C(=O)CCCNC(=O)c1ccccc1. The number of benzene rings is 2. The Kier molecular flexibility index (Phi) is 9.64. The van der Waals surface area contributed by atoms with Crippen LogP contribution in [-0.2, 0) is 9.59 Å². The summed E-state index contributed by atoms with van der Waals surface area (Å²) in [6.07, 6.45) is 1.45. The smallest absolute Gasteiger partial charge is 0.251 e. The van der Waals surface area contributed by atoms with Gasteiger partial charge in [0.05, 0.1) is 17.3 Å². The molecule has 0 heterocycles. The quantitative estimate of drug-likeness (QED) is 0.528. The number of nitrogens with zero attached hydrogens (tertiary/aromatic N) is 1. The van der Waals surface area contributed by atoms with Crippen LogP contribution in [0.25, 0.3) is 0 Å². The van der Waals surface area contributed by atoms with Gasteiger partial charge in [-0.15, -0.1) is 0 Å². The predicted octanol–water partition coefficient (Wildman–Crippen LogP) is 4.38. The van der Waals surface area contributed by atoms with Gasteiger partial charge in [-0.2, -0.15) is 0 Å². The van der Waals surface area contributed by atoms with Gasteiger partial charge < -0.3 is 15.5 Å². The molecule has 3 amide bonds. The predicted molar refractivity (Wildman–Crippen MR) is 120 cm³/mol. The second-order valence-corrected chi connectivity index (χ2v) is 7.56. The van der Waals surface area contributed by atoms with Crippen LogP contribution in [0.5, 0.6) is 0 Å². The minimum Gasteiger partial charge on any atom is -0.352 e. The highest BCUT2D eigenvalue weighted by atomic mass is 35.5. The molecule has 2 rings (SSSR count). The van der Waals surface area contributed by atoms with Crippen molar-refractivity contribution in [3.8, 4) is 0 Å². The summed E-state index contributed by atoms with van der Waals surface area (Å²) < 4.78 is 0. The topological polar surface area (TPSA) is 78.5 Å². The van der Waals surface area contributed by atoms with E-state index in [1.807, 2.05) is 13.0 Å². The normalized spacial score (nSPS) is 10.4. The number of hydrogen-bond acceptors (Lipinski definition) is 3. The molecule has 0 unspecified atom stereocenters. The lowest BCUT2D eigenvalue weighted by Crippen LogP contribution is -2.38. The van der Waals surface area contributed by atoms with E-state index in [2.05, 4.69) is 10.6 Å². The number of anilines is 1. The summed E-state index contributed by atoms with van der Waals surface area (Å²) in [6.45, 7) is 2.70. The van der Waals surface area contributed by atoms with E-state index in [1.165, 1.54) is 4.90 Å². The number of carbonyl (C=O) groups is 3. The maximum absolute atomic E-state index is 12.5. The number of halogens is 2. The van der Waals surface area contributed by atoms with Gasteiger partial charge in [-0.05, 0) is 43.2 Å². The van der Waals surface area contributed by atoms with Crippen LogP contribution in [0.2, 0.25) is 10.0 Å². The highest BCUT2D eigenvalue weighted by Gasteiger charge is 2.17. The van der Waals surface area contributed by atoms with E-state index in [4.69, 9.17) is 23.2 Å². The third kappa shape index (κ3) is 7.69. The fourth-order valence-electron chi connectivity index (χ4n) is 2.81. The highest BCUT2D eigenvalue weighted by molar-refractivity contribution is 6.35. The molecule has 0 fully saturated rings. The third-order valence-corrected chi connectivity index (χ3v) is 4.84. The molecule has 0 spiro atoms. The van der Waals surface area contributed by atoms with E-state index in [-0.39, 0.29) is 30.7 Å². The molecule has 0 aromatic heterocycles. The summed E-state index contributed by atoms with van der Waals surface area (Å²) >= 11 is 12.0. The summed E-state index contributed by atoms with van der Waals surface area (Å²) in [7, 11) is 0. The molecule has 0 saturated heterocycles. The van der Waals surface area contributed by atoms with Crippen LogP contribution in [0.3, 0.4) is 0 Å². The van der Waals surface area contributed by atoms with E-state index in [0.717, 1.165) is 6.42 Å². The van der Waals surface area contributed by atoms with Crippen LogP contribution in [0, 0.1) is 0 Å². The van der Waals surface area contributed by atoms with Crippen molar-refractivity contribution in [3.63, 3.8) is 0 Å². The van der Waals surface area contributed by atoms with E-state index in [1.54, 1.807) is 42.5 Å². The molecule has 2 aromatic rings. The Balaban J connectivity index is 1.81. The first-order valence-corrected chi connectivity index (χ1v) is 10.5. The number of hydrogen-bond donors (Lipinski definition) is 2. The minimum atomic E-state index is -0.349. The van der Waals surface area contributed by atoms with Gasteiger partial charge >= 0.3 is 0 Å². The average Bonchev–Trinajstić information content (AvgIpc) is 2.73. The highest BCUT2D eigenvalue weighted by Crippen LogP contribution is 2.25. The Morgan fingerprint density at radius 1 is 1.03 bits per heavy atom. The van der Waals surface area contributed by atoms with Gasteiger partial charge in [-0.25, -0.2) is 0 Å². The molecule has 0 aliphatic carbocycles. The summed E-state index contributed by atoms with van der Waals surface area (Å²) in [5.41, 5.74) is 0.981. The van der Waals surface area contributed by atoms with Crippen molar-refractivity contribution in [1.29, 1.82) is 0 Å². The molecule has 160 valence electrons. The van der Waals surface area contributed by atoms with Crippen molar-refractivity contribution >= 4 is 46.6 Å². The molecule has 0 radical (unpaired) electrons. The van der Waals surface area contributed by atoms with Crippen molar-refractivity contribution in [2.75, 3.05) is 25.0 Å². The molecule has 0 aliphatic rings. The van der Waals surface area contributed by atoms with E-state index in [9.17, 15) is 14.4 Å². The third-order valence-electron chi connectivity index (χ3n) is 4.27. The molecule has 0 atom stereocenters. The Bertz CT molecular complexity index is 875. The molecule has 0 aliphatic heterocycles. The van der Waals surface area contributed by atoms with Crippen LogP contribution in [-0.4, -0.2) is 42.3 Å². The molecule has 2 N–H and O–H groups in total. The zero-order valence-electron chi connectivity index (χ0n) is 16.8. The van der Waals surface area contributed by atoms with Crippen LogP contribution in [0.15, 0.2) is 48.5 Å². The number of rotatable bonds is 10. The van der Waals surface area contributed by atoms with Gasteiger partial charge in [-0.3, -0.25) is 14.4 Å². The van der Waals surface area contributed by atoms with Gasteiger partial charge in [0, 0.05) is 30.1 Å². The average molecular weight is 450 g/mol. The Labute approximate surface area is 186 Å². The zero-order chi connectivity index (χ0) is 21.9. The Morgan fingerprint density at radius 2 is 1.77 bits per heavy atom. The molecular formula is C22H25Cl2N3O3. The standard InChI is InChI=1S/C22H25Cl2N3O3/c1-2-13-27(15-20(28)26-19-14-17(23)10-11-18(19)24)21(29)9-6-12-25-22(30)16-7-4-3-5-8-16/h3-5,7-8,10-11,14H,2,6,9,12-13,15H2,1H3,(H,25,30)(H,26,28). The molecule has 30 heavy (non-hydrogen) atoms. The van der Waals surface area contributed by atoms with Gasteiger partial charge in [0.15, 0.2) is 0 Å². The second kappa shape index (κ2) is 12.2. The van der Waals surface area contributed by atoms with E-state index < -0.39 is 0 Å².